The van der Waals surface area contributed by atoms with Gasteiger partial charge in [-0.15, -0.1) is 0 Å². The summed E-state index contributed by atoms with van der Waals surface area (Å²) in [7, 11) is 0. The number of hydrogen-bond donors (Lipinski definition) is 1. The number of rotatable bonds is 4. The molecule has 1 rings (SSSR count). The fraction of sp³-hybridized carbons (Fsp3) is 0.364. The highest BCUT2D eigenvalue weighted by Crippen LogP contribution is 2.07. The number of pyridine rings is 1. The van der Waals surface area contributed by atoms with Crippen molar-refractivity contribution in [3.63, 3.8) is 0 Å². The maximum atomic E-state index is 8.96. The van der Waals surface area contributed by atoms with Crippen molar-refractivity contribution in [3.8, 4) is 0 Å². The fourth-order valence-electron chi connectivity index (χ4n) is 1.29. The first-order valence-corrected chi connectivity index (χ1v) is 5.97. The van der Waals surface area contributed by atoms with Gasteiger partial charge in [0.05, 0.1) is 17.6 Å². The summed E-state index contributed by atoms with van der Waals surface area (Å²) in [5.74, 6) is 1.08. The summed E-state index contributed by atoms with van der Waals surface area (Å²) in [4.78, 5) is 0. The van der Waals surface area contributed by atoms with E-state index in [0.29, 0.717) is 0 Å². The van der Waals surface area contributed by atoms with Crippen molar-refractivity contribution in [1.29, 1.82) is 0 Å². The lowest BCUT2D eigenvalue weighted by molar-refractivity contribution is -0.694. The number of thioether (sulfide) groups is 1. The summed E-state index contributed by atoms with van der Waals surface area (Å²) in [6.45, 7) is 2.88. The molecule has 0 saturated heterocycles. The lowest BCUT2D eigenvalue weighted by atomic mass is 10.2. The first-order chi connectivity index (χ1) is 6.79. The summed E-state index contributed by atoms with van der Waals surface area (Å²) >= 11 is 1.82. The minimum absolute atomic E-state index is 0.895. The second kappa shape index (κ2) is 5.70. The normalized spacial score (nSPS) is 11.7. The Labute approximate surface area is 89.3 Å². The molecule has 3 heteroatoms. The summed E-state index contributed by atoms with van der Waals surface area (Å²) in [5.41, 5.74) is 1.97. The van der Waals surface area contributed by atoms with Crippen LogP contribution in [0.3, 0.4) is 0 Å². The highest BCUT2D eigenvalue weighted by atomic mass is 32.2. The molecule has 0 spiro atoms. The Morgan fingerprint density at radius 1 is 1.57 bits per heavy atom. The van der Waals surface area contributed by atoms with Crippen LogP contribution in [0.25, 0.3) is 5.57 Å². The van der Waals surface area contributed by atoms with Crippen molar-refractivity contribution >= 4 is 17.3 Å². The zero-order valence-electron chi connectivity index (χ0n) is 8.60. The Morgan fingerprint density at radius 3 is 3.00 bits per heavy atom. The summed E-state index contributed by atoms with van der Waals surface area (Å²) in [6.07, 6.45) is 5.29. The number of nitrogens with zero attached hydrogens (tertiary/aromatic N) is 1. The molecule has 14 heavy (non-hydrogen) atoms. The van der Waals surface area contributed by atoms with E-state index in [2.05, 4.69) is 10.8 Å². The molecule has 0 aromatic carbocycles. The Balaban J connectivity index is 2.91. The third kappa shape index (κ3) is 2.77. The van der Waals surface area contributed by atoms with Crippen molar-refractivity contribution in [1.82, 2.24) is 0 Å². The van der Waals surface area contributed by atoms with Crippen LogP contribution in [-0.4, -0.2) is 17.1 Å². The van der Waals surface area contributed by atoms with Crippen LogP contribution in [0.15, 0.2) is 30.7 Å². The Hall–Kier alpha value is -0.960. The third-order valence-electron chi connectivity index (χ3n) is 2.07. The van der Waals surface area contributed by atoms with Crippen LogP contribution in [0.4, 0.5) is 0 Å². The molecular weight excluding hydrogens is 194 g/mol. The molecule has 0 aliphatic carbocycles. The quantitative estimate of drug-likeness (QED) is 0.609. The van der Waals surface area contributed by atoms with E-state index < -0.39 is 0 Å². The molecule has 0 amide bonds. The van der Waals surface area contributed by atoms with Gasteiger partial charge in [-0.05, 0) is 19.2 Å². The SMILES string of the molecule is CSCC[n+]1ccccc1/C(C)=C/O. The molecule has 0 fully saturated rings. The molecule has 0 aliphatic heterocycles. The zero-order chi connectivity index (χ0) is 10.4. The molecule has 1 aromatic heterocycles. The van der Waals surface area contributed by atoms with Gasteiger partial charge in [0.15, 0.2) is 12.7 Å². The topological polar surface area (TPSA) is 24.1 Å². The molecular formula is C11H16NOS+. The largest absolute Gasteiger partial charge is 0.515 e. The van der Waals surface area contributed by atoms with Gasteiger partial charge in [0, 0.05) is 12.1 Å². The van der Waals surface area contributed by atoms with Gasteiger partial charge in [-0.3, -0.25) is 0 Å². The average Bonchev–Trinajstić information content (AvgIpc) is 2.25. The summed E-state index contributed by atoms with van der Waals surface area (Å²) < 4.78 is 2.15. The predicted molar refractivity (Wildman–Crippen MR) is 61.3 cm³/mol. The molecule has 0 bridgehead atoms. The van der Waals surface area contributed by atoms with Gasteiger partial charge in [-0.25, -0.2) is 0 Å². The van der Waals surface area contributed by atoms with Crippen LogP contribution < -0.4 is 4.57 Å². The predicted octanol–water partition coefficient (Wildman–Crippen LogP) is 2.26. The Bertz CT molecular complexity index is 323. The molecule has 0 atom stereocenters. The first-order valence-electron chi connectivity index (χ1n) is 4.58. The van der Waals surface area contributed by atoms with E-state index in [0.717, 1.165) is 29.8 Å². The maximum absolute atomic E-state index is 8.96. The molecule has 0 saturated carbocycles. The van der Waals surface area contributed by atoms with Crippen LogP contribution in [0.2, 0.25) is 0 Å². The van der Waals surface area contributed by atoms with Crippen LogP contribution in [0.5, 0.6) is 0 Å². The van der Waals surface area contributed by atoms with E-state index in [1.54, 1.807) is 0 Å². The second-order valence-corrected chi connectivity index (χ2v) is 4.07. The van der Waals surface area contributed by atoms with Gasteiger partial charge in [0.25, 0.3) is 0 Å². The molecule has 0 radical (unpaired) electrons. The summed E-state index contributed by atoms with van der Waals surface area (Å²) in [6, 6.07) is 6.01. The molecule has 0 aliphatic rings. The zero-order valence-corrected chi connectivity index (χ0v) is 9.42. The van der Waals surface area contributed by atoms with Gasteiger partial charge in [-0.1, -0.05) is 0 Å². The van der Waals surface area contributed by atoms with Gasteiger partial charge in [-0.2, -0.15) is 16.3 Å². The number of aromatic nitrogens is 1. The maximum Gasteiger partial charge on any atom is 0.211 e. The number of aryl methyl sites for hydroxylation is 1. The van der Waals surface area contributed by atoms with Gasteiger partial charge in [0.1, 0.15) is 0 Å². The Morgan fingerprint density at radius 2 is 2.36 bits per heavy atom. The number of aliphatic hydroxyl groups is 1. The fourth-order valence-corrected chi connectivity index (χ4v) is 1.66. The van der Waals surface area contributed by atoms with Crippen molar-refractivity contribution in [2.75, 3.05) is 12.0 Å². The summed E-state index contributed by atoms with van der Waals surface area (Å²) in [5, 5.41) is 8.96. The van der Waals surface area contributed by atoms with Gasteiger partial charge < -0.3 is 5.11 Å². The van der Waals surface area contributed by atoms with E-state index in [1.165, 1.54) is 0 Å². The van der Waals surface area contributed by atoms with Crippen molar-refractivity contribution in [2.45, 2.75) is 13.5 Å². The van der Waals surface area contributed by atoms with Crippen molar-refractivity contribution in [2.24, 2.45) is 0 Å². The molecule has 1 N–H and O–H groups in total. The molecule has 2 nitrogen and oxygen atoms in total. The standard InChI is InChI=1S/C11H15NOS/c1-10(9-13)11-5-3-4-6-12(11)7-8-14-2/h3-6,9H,7-8H2,1-2H3/p+1. The number of allylic oxidation sites excluding steroid dienone is 1. The van der Waals surface area contributed by atoms with Crippen molar-refractivity contribution < 1.29 is 9.67 Å². The van der Waals surface area contributed by atoms with E-state index in [-0.39, 0.29) is 0 Å². The monoisotopic (exact) mass is 210 g/mol. The Kier molecular flexibility index (Phi) is 4.53. The lowest BCUT2D eigenvalue weighted by Gasteiger charge is -2.01. The van der Waals surface area contributed by atoms with Gasteiger partial charge >= 0.3 is 0 Å². The average molecular weight is 210 g/mol. The number of hydrogen-bond acceptors (Lipinski definition) is 2. The minimum Gasteiger partial charge on any atom is -0.515 e. The van der Waals surface area contributed by atoms with E-state index >= 15 is 0 Å². The van der Waals surface area contributed by atoms with Crippen LogP contribution in [-0.2, 0) is 6.54 Å². The molecule has 0 unspecified atom stereocenters. The molecule has 1 aromatic rings. The highest BCUT2D eigenvalue weighted by Gasteiger charge is 2.10. The first kappa shape index (κ1) is 11.1. The van der Waals surface area contributed by atoms with Gasteiger partial charge in [0.2, 0.25) is 5.69 Å². The smallest absolute Gasteiger partial charge is 0.211 e. The minimum atomic E-state index is 0.895. The second-order valence-electron chi connectivity index (χ2n) is 3.08. The number of aliphatic hydroxyl groups excluding tert-OH is 1. The molecule has 1 heterocycles. The van der Waals surface area contributed by atoms with Crippen LogP contribution >= 0.6 is 11.8 Å². The highest BCUT2D eigenvalue weighted by molar-refractivity contribution is 7.98. The molecule has 76 valence electrons. The van der Waals surface area contributed by atoms with Crippen LogP contribution in [0, 0.1) is 0 Å². The lowest BCUT2D eigenvalue weighted by Crippen LogP contribution is -2.38. The van der Waals surface area contributed by atoms with E-state index in [9.17, 15) is 0 Å². The van der Waals surface area contributed by atoms with Crippen LogP contribution in [0.1, 0.15) is 12.6 Å². The van der Waals surface area contributed by atoms with Crippen molar-refractivity contribution in [3.05, 3.63) is 36.4 Å². The third-order valence-corrected chi connectivity index (χ3v) is 2.67. The van der Waals surface area contributed by atoms with E-state index in [1.807, 2.05) is 43.1 Å². The van der Waals surface area contributed by atoms with E-state index in [4.69, 9.17) is 5.11 Å².